The predicted molar refractivity (Wildman–Crippen MR) is 111 cm³/mol. The third-order valence-electron chi connectivity index (χ3n) is 4.03. The Bertz CT molecular complexity index is 928. The Morgan fingerprint density at radius 1 is 0.900 bits per heavy atom. The van der Waals surface area contributed by atoms with Crippen molar-refractivity contribution in [2.24, 2.45) is 10.2 Å². The number of Topliss-reactive ketones (excluding diaryl/α,β-unsaturated/α-hetero) is 1. The number of nitrogens with zero attached hydrogens (tertiary/aromatic N) is 3. The number of carbonyl (C=O) groups excluding carboxylic acids is 2. The molecule has 0 fully saturated rings. The summed E-state index contributed by atoms with van der Waals surface area (Å²) in [6.45, 7) is 1.23. The van der Waals surface area contributed by atoms with Crippen molar-refractivity contribution in [3.05, 3.63) is 36.4 Å². The minimum atomic E-state index is -1.44. The van der Waals surface area contributed by atoms with Gasteiger partial charge in [-0.05, 0) is 19.1 Å². The monoisotopic (exact) mass is 435 g/mol. The topological polar surface area (TPSA) is 99.0 Å². The fourth-order valence-corrected chi connectivity index (χ4v) is 2.66. The summed E-state index contributed by atoms with van der Waals surface area (Å²) in [6.07, 6.45) is 0. The molecule has 0 spiro atoms. The molecule has 1 amide bonds. The fraction of sp³-hybridized carbons (Fsp3) is 0.300. The molecule has 0 saturated carbocycles. The molecular weight excluding hydrogens is 414 g/mol. The summed E-state index contributed by atoms with van der Waals surface area (Å²) in [5.74, 6) is 0.516. The number of anilines is 1. The van der Waals surface area contributed by atoms with Crippen LogP contribution >= 0.6 is 11.8 Å². The first-order valence-corrected chi connectivity index (χ1v) is 9.04. The Kier molecular flexibility index (Phi) is 7.99. The molecule has 0 radical (unpaired) electrons. The van der Waals surface area contributed by atoms with Gasteiger partial charge >= 0.3 is 0 Å². The van der Waals surface area contributed by atoms with Crippen LogP contribution in [0.25, 0.3) is 0 Å². The highest BCUT2D eigenvalue weighted by atomic mass is 35.5. The number of benzene rings is 2. The molecule has 0 aliphatic rings. The Balaban J connectivity index is 2.31. The van der Waals surface area contributed by atoms with Crippen LogP contribution in [0.5, 0.6) is 23.0 Å². The van der Waals surface area contributed by atoms with Crippen LogP contribution in [0, 0.1) is 0 Å². The van der Waals surface area contributed by atoms with Crippen molar-refractivity contribution in [2.45, 2.75) is 13.0 Å². The molecule has 0 bridgehead atoms. The van der Waals surface area contributed by atoms with E-state index in [1.54, 1.807) is 30.3 Å². The standard InChI is InChI=1S/C20H22ClN3O6/c1-12(25)19(23-22-13-8-15(27-2)11-16(9-13)28-3)20(26)24(21)14-6-7-17(29-4)18(10-14)30-5/h6-11,19H,1-5H3. The Hall–Kier alpha value is -3.33. The molecule has 1 atom stereocenters. The first-order chi connectivity index (χ1) is 14.3. The Morgan fingerprint density at radius 2 is 1.50 bits per heavy atom. The number of carbonyl (C=O) groups is 2. The average Bonchev–Trinajstić information content (AvgIpc) is 2.77. The van der Waals surface area contributed by atoms with Crippen LogP contribution in [-0.4, -0.2) is 46.2 Å². The van der Waals surface area contributed by atoms with E-state index >= 15 is 0 Å². The normalized spacial score (nSPS) is 11.7. The van der Waals surface area contributed by atoms with Crippen LogP contribution in [0.1, 0.15) is 6.92 Å². The molecule has 30 heavy (non-hydrogen) atoms. The zero-order valence-corrected chi connectivity index (χ0v) is 18.0. The highest BCUT2D eigenvalue weighted by Crippen LogP contribution is 2.33. The maximum Gasteiger partial charge on any atom is 0.276 e. The van der Waals surface area contributed by atoms with Gasteiger partial charge in [0.15, 0.2) is 17.3 Å². The number of hydrogen-bond donors (Lipinski definition) is 0. The van der Waals surface area contributed by atoms with Crippen molar-refractivity contribution in [2.75, 3.05) is 32.9 Å². The number of ketones is 1. The minimum absolute atomic E-state index is 0.281. The summed E-state index contributed by atoms with van der Waals surface area (Å²) < 4.78 is 21.5. The van der Waals surface area contributed by atoms with Gasteiger partial charge in [0.25, 0.3) is 5.91 Å². The molecule has 1 unspecified atom stereocenters. The molecule has 0 heterocycles. The third-order valence-corrected chi connectivity index (χ3v) is 4.39. The number of halogens is 1. The second-order valence-electron chi connectivity index (χ2n) is 5.96. The summed E-state index contributed by atoms with van der Waals surface area (Å²) in [4.78, 5) is 24.9. The van der Waals surface area contributed by atoms with Crippen molar-refractivity contribution >= 4 is 34.8 Å². The maximum absolute atomic E-state index is 12.8. The average molecular weight is 436 g/mol. The van der Waals surface area contributed by atoms with Crippen LogP contribution in [0.15, 0.2) is 46.6 Å². The largest absolute Gasteiger partial charge is 0.497 e. The molecule has 0 N–H and O–H groups in total. The summed E-state index contributed by atoms with van der Waals surface area (Å²) in [5.41, 5.74) is 0.626. The predicted octanol–water partition coefficient (Wildman–Crippen LogP) is 3.95. The van der Waals surface area contributed by atoms with Gasteiger partial charge in [0.05, 0.1) is 39.8 Å². The summed E-state index contributed by atoms with van der Waals surface area (Å²) in [6, 6.07) is 8.03. The lowest BCUT2D eigenvalue weighted by Gasteiger charge is -2.18. The van der Waals surface area contributed by atoms with Crippen LogP contribution < -0.4 is 23.4 Å². The van der Waals surface area contributed by atoms with E-state index < -0.39 is 17.7 Å². The molecule has 160 valence electrons. The van der Waals surface area contributed by atoms with Gasteiger partial charge in [0.2, 0.25) is 6.04 Å². The zero-order valence-electron chi connectivity index (χ0n) is 17.2. The number of azo groups is 1. The first-order valence-electron chi connectivity index (χ1n) is 8.70. The second-order valence-corrected chi connectivity index (χ2v) is 6.30. The number of methoxy groups -OCH3 is 4. The van der Waals surface area contributed by atoms with Crippen molar-refractivity contribution < 1.29 is 28.5 Å². The van der Waals surface area contributed by atoms with E-state index in [1.807, 2.05) is 0 Å². The van der Waals surface area contributed by atoms with E-state index in [4.69, 9.17) is 30.7 Å². The third kappa shape index (κ3) is 5.38. The van der Waals surface area contributed by atoms with Crippen molar-refractivity contribution in [1.82, 2.24) is 0 Å². The van der Waals surface area contributed by atoms with E-state index in [1.165, 1.54) is 41.4 Å². The van der Waals surface area contributed by atoms with Gasteiger partial charge in [-0.25, -0.2) is 4.42 Å². The van der Waals surface area contributed by atoms with Gasteiger partial charge in [-0.3, -0.25) is 9.59 Å². The number of ether oxygens (including phenoxy) is 4. The lowest BCUT2D eigenvalue weighted by molar-refractivity contribution is -0.126. The lowest BCUT2D eigenvalue weighted by Crippen LogP contribution is -2.36. The van der Waals surface area contributed by atoms with Gasteiger partial charge in [0.1, 0.15) is 11.5 Å². The smallest absolute Gasteiger partial charge is 0.276 e. The van der Waals surface area contributed by atoms with Gasteiger partial charge in [-0.2, -0.15) is 10.2 Å². The molecule has 0 aliphatic heterocycles. The van der Waals surface area contributed by atoms with E-state index in [0.717, 1.165) is 4.42 Å². The molecular formula is C20H22ClN3O6. The van der Waals surface area contributed by atoms with E-state index in [0.29, 0.717) is 28.7 Å². The number of hydrogen-bond acceptors (Lipinski definition) is 8. The summed E-state index contributed by atoms with van der Waals surface area (Å²) >= 11 is 6.19. The van der Waals surface area contributed by atoms with Gasteiger partial charge < -0.3 is 18.9 Å². The first kappa shape index (κ1) is 23.0. The SMILES string of the molecule is COc1cc(N=NC(C(C)=O)C(=O)N(Cl)c2ccc(OC)c(OC)c2)cc(OC)c1. The molecule has 9 nitrogen and oxygen atoms in total. The number of rotatable bonds is 9. The van der Waals surface area contributed by atoms with E-state index in [9.17, 15) is 9.59 Å². The molecule has 10 heteroatoms. The lowest BCUT2D eigenvalue weighted by atomic mass is 10.2. The van der Waals surface area contributed by atoms with Crippen LogP contribution in [0.4, 0.5) is 11.4 Å². The minimum Gasteiger partial charge on any atom is -0.497 e. The quantitative estimate of drug-likeness (QED) is 0.336. The van der Waals surface area contributed by atoms with E-state index in [2.05, 4.69) is 10.2 Å². The maximum atomic E-state index is 12.8. The Morgan fingerprint density at radius 3 is 2.00 bits per heavy atom. The van der Waals surface area contributed by atoms with Crippen molar-refractivity contribution in [3.8, 4) is 23.0 Å². The molecule has 0 saturated heterocycles. The summed E-state index contributed by atoms with van der Waals surface area (Å²) in [5, 5.41) is 7.90. The Labute approximate surface area is 179 Å². The van der Waals surface area contributed by atoms with Gasteiger partial charge in [-0.15, -0.1) is 0 Å². The molecule has 2 rings (SSSR count). The number of amides is 1. The molecule has 2 aromatic rings. The fourth-order valence-electron chi connectivity index (χ4n) is 2.46. The molecule has 0 aromatic heterocycles. The highest BCUT2D eigenvalue weighted by Gasteiger charge is 2.29. The molecule has 2 aromatic carbocycles. The molecule has 0 aliphatic carbocycles. The van der Waals surface area contributed by atoms with Crippen molar-refractivity contribution in [1.29, 1.82) is 0 Å². The van der Waals surface area contributed by atoms with Crippen molar-refractivity contribution in [3.63, 3.8) is 0 Å². The van der Waals surface area contributed by atoms with Crippen LogP contribution in [-0.2, 0) is 9.59 Å². The summed E-state index contributed by atoms with van der Waals surface area (Å²) in [7, 11) is 5.93. The van der Waals surface area contributed by atoms with Gasteiger partial charge in [0, 0.05) is 36.0 Å². The second kappa shape index (κ2) is 10.4. The van der Waals surface area contributed by atoms with Crippen LogP contribution in [0.3, 0.4) is 0 Å². The van der Waals surface area contributed by atoms with E-state index in [-0.39, 0.29) is 5.69 Å². The zero-order chi connectivity index (χ0) is 22.3. The van der Waals surface area contributed by atoms with Crippen LogP contribution in [0.2, 0.25) is 0 Å². The highest BCUT2D eigenvalue weighted by molar-refractivity contribution is 6.39. The van der Waals surface area contributed by atoms with Gasteiger partial charge in [-0.1, -0.05) is 0 Å².